The lowest BCUT2D eigenvalue weighted by molar-refractivity contribution is 0.363. The highest BCUT2D eigenvalue weighted by Crippen LogP contribution is 2.27. The van der Waals surface area contributed by atoms with Gasteiger partial charge in [0, 0.05) is 10.4 Å². The summed E-state index contributed by atoms with van der Waals surface area (Å²) in [5.41, 5.74) is 3.53. The van der Waals surface area contributed by atoms with Crippen LogP contribution in [0.4, 0.5) is 0 Å². The van der Waals surface area contributed by atoms with Gasteiger partial charge in [0.15, 0.2) is 0 Å². The van der Waals surface area contributed by atoms with Gasteiger partial charge in [-0.15, -0.1) is 11.3 Å². The molecule has 27 heavy (non-hydrogen) atoms. The Bertz CT molecular complexity index is 962. The van der Waals surface area contributed by atoms with Crippen LogP contribution in [-0.4, -0.2) is 10.1 Å². The maximum absolute atomic E-state index is 5.44. The van der Waals surface area contributed by atoms with Gasteiger partial charge in [-0.2, -0.15) is 4.98 Å². The molecular formula is C22H21N3OS. The van der Waals surface area contributed by atoms with Crippen molar-refractivity contribution < 1.29 is 4.52 Å². The van der Waals surface area contributed by atoms with E-state index in [-0.39, 0.29) is 6.04 Å². The van der Waals surface area contributed by atoms with E-state index in [1.165, 1.54) is 16.0 Å². The number of nitrogens with one attached hydrogen (secondary N) is 1. The van der Waals surface area contributed by atoms with Crippen LogP contribution >= 0.6 is 11.3 Å². The predicted molar refractivity (Wildman–Crippen MR) is 109 cm³/mol. The van der Waals surface area contributed by atoms with Crippen LogP contribution in [0, 0.1) is 0 Å². The topological polar surface area (TPSA) is 51.0 Å². The van der Waals surface area contributed by atoms with Crippen LogP contribution < -0.4 is 5.32 Å². The summed E-state index contributed by atoms with van der Waals surface area (Å²) < 4.78 is 5.44. The third-order valence-corrected chi connectivity index (χ3v) is 5.44. The molecule has 4 aromatic rings. The summed E-state index contributed by atoms with van der Waals surface area (Å²) in [6.45, 7) is 2.68. The highest BCUT2D eigenvalue weighted by molar-refractivity contribution is 7.10. The van der Waals surface area contributed by atoms with Crippen molar-refractivity contribution in [1.82, 2.24) is 15.5 Å². The minimum absolute atomic E-state index is 0.1000. The second-order valence-electron chi connectivity index (χ2n) is 6.30. The Balaban J connectivity index is 1.52. The second-order valence-corrected chi connectivity index (χ2v) is 7.28. The summed E-state index contributed by atoms with van der Waals surface area (Å²) >= 11 is 1.74. The maximum atomic E-state index is 5.44. The molecule has 2 aromatic carbocycles. The van der Waals surface area contributed by atoms with Crippen LogP contribution in [-0.2, 0) is 13.0 Å². The zero-order chi connectivity index (χ0) is 18.5. The Morgan fingerprint density at radius 1 is 1.00 bits per heavy atom. The molecule has 0 fully saturated rings. The number of hydrogen-bond acceptors (Lipinski definition) is 5. The fourth-order valence-electron chi connectivity index (χ4n) is 3.00. The highest BCUT2D eigenvalue weighted by atomic mass is 32.1. The number of nitrogens with zero attached hydrogens (tertiary/aromatic N) is 2. The number of benzene rings is 2. The van der Waals surface area contributed by atoms with Crippen LogP contribution in [0.25, 0.3) is 11.4 Å². The molecule has 0 bridgehead atoms. The first-order valence-electron chi connectivity index (χ1n) is 9.07. The van der Waals surface area contributed by atoms with Gasteiger partial charge >= 0.3 is 0 Å². The van der Waals surface area contributed by atoms with E-state index in [0.29, 0.717) is 18.3 Å². The predicted octanol–water partition coefficient (Wildman–Crippen LogP) is 5.24. The summed E-state index contributed by atoms with van der Waals surface area (Å²) in [4.78, 5) is 5.78. The van der Waals surface area contributed by atoms with Gasteiger partial charge in [0.05, 0.1) is 12.6 Å². The minimum Gasteiger partial charge on any atom is -0.338 e. The number of thiophene rings is 1. The van der Waals surface area contributed by atoms with Gasteiger partial charge in [-0.1, -0.05) is 72.7 Å². The van der Waals surface area contributed by atoms with Gasteiger partial charge in [-0.3, -0.25) is 5.32 Å². The van der Waals surface area contributed by atoms with Crippen molar-refractivity contribution >= 4 is 11.3 Å². The zero-order valence-electron chi connectivity index (χ0n) is 15.1. The van der Waals surface area contributed by atoms with E-state index >= 15 is 0 Å². The Morgan fingerprint density at radius 2 is 1.81 bits per heavy atom. The molecule has 0 unspecified atom stereocenters. The zero-order valence-corrected chi connectivity index (χ0v) is 15.9. The Labute approximate surface area is 162 Å². The molecule has 0 aliphatic heterocycles. The first-order chi connectivity index (χ1) is 13.3. The van der Waals surface area contributed by atoms with Crippen molar-refractivity contribution in [2.75, 3.05) is 0 Å². The van der Waals surface area contributed by atoms with Crippen LogP contribution in [0.3, 0.4) is 0 Å². The molecule has 0 spiro atoms. The number of rotatable bonds is 7. The number of aryl methyl sites for hydroxylation is 1. The summed E-state index contributed by atoms with van der Waals surface area (Å²) in [6.07, 6.45) is 1.04. The fraction of sp³-hybridized carbons (Fsp3) is 0.182. The Morgan fingerprint density at radius 3 is 2.52 bits per heavy atom. The largest absolute Gasteiger partial charge is 0.338 e. The second kappa shape index (κ2) is 8.29. The number of aromatic nitrogens is 2. The van der Waals surface area contributed by atoms with Crippen molar-refractivity contribution in [2.45, 2.75) is 25.9 Å². The molecule has 0 amide bonds. The number of hydrogen-bond donors (Lipinski definition) is 1. The van der Waals surface area contributed by atoms with Gasteiger partial charge in [-0.25, -0.2) is 0 Å². The molecule has 0 saturated heterocycles. The first-order valence-corrected chi connectivity index (χ1v) is 9.95. The van der Waals surface area contributed by atoms with Crippen LogP contribution in [0.1, 0.15) is 34.9 Å². The van der Waals surface area contributed by atoms with Crippen molar-refractivity contribution in [3.8, 4) is 11.4 Å². The molecule has 4 rings (SSSR count). The van der Waals surface area contributed by atoms with Gasteiger partial charge < -0.3 is 4.52 Å². The molecule has 0 aliphatic rings. The van der Waals surface area contributed by atoms with Crippen LogP contribution in [0.5, 0.6) is 0 Å². The molecular weight excluding hydrogens is 354 g/mol. The van der Waals surface area contributed by atoms with Gasteiger partial charge in [-0.05, 0) is 29.0 Å². The summed E-state index contributed by atoms with van der Waals surface area (Å²) in [5.74, 6) is 1.20. The Kier molecular flexibility index (Phi) is 5.42. The van der Waals surface area contributed by atoms with Crippen molar-refractivity contribution in [2.24, 2.45) is 0 Å². The lowest BCUT2D eigenvalue weighted by Gasteiger charge is -2.17. The van der Waals surface area contributed by atoms with Crippen molar-refractivity contribution in [1.29, 1.82) is 0 Å². The van der Waals surface area contributed by atoms with E-state index in [4.69, 9.17) is 4.52 Å². The molecule has 0 saturated carbocycles. The van der Waals surface area contributed by atoms with Crippen LogP contribution in [0.2, 0.25) is 0 Å². The van der Waals surface area contributed by atoms with Crippen LogP contribution in [0.15, 0.2) is 76.6 Å². The average molecular weight is 375 g/mol. The van der Waals surface area contributed by atoms with Gasteiger partial charge in [0.2, 0.25) is 11.7 Å². The van der Waals surface area contributed by atoms with E-state index in [1.807, 2.05) is 30.3 Å². The Hall–Kier alpha value is -2.76. The average Bonchev–Trinajstić information content (AvgIpc) is 3.42. The van der Waals surface area contributed by atoms with Gasteiger partial charge in [0.25, 0.3) is 0 Å². The van der Waals surface area contributed by atoms with Gasteiger partial charge in [0.1, 0.15) is 0 Å². The molecule has 1 atom stereocenters. The molecule has 2 aromatic heterocycles. The molecule has 1 N–H and O–H groups in total. The fourth-order valence-corrected chi connectivity index (χ4v) is 3.83. The maximum Gasteiger partial charge on any atom is 0.240 e. The van der Waals surface area contributed by atoms with Crippen molar-refractivity contribution in [3.05, 3.63) is 94.0 Å². The lowest BCUT2D eigenvalue weighted by atomic mass is 10.0. The molecule has 0 aliphatic carbocycles. The van der Waals surface area contributed by atoms with Crippen molar-refractivity contribution in [3.63, 3.8) is 0 Å². The molecule has 0 radical (unpaired) electrons. The van der Waals surface area contributed by atoms with E-state index in [0.717, 1.165) is 12.0 Å². The van der Waals surface area contributed by atoms with E-state index in [9.17, 15) is 0 Å². The molecule has 136 valence electrons. The quantitative estimate of drug-likeness (QED) is 0.480. The van der Waals surface area contributed by atoms with E-state index in [1.54, 1.807) is 11.3 Å². The normalized spacial score (nSPS) is 12.2. The van der Waals surface area contributed by atoms with E-state index in [2.05, 4.69) is 64.2 Å². The summed E-state index contributed by atoms with van der Waals surface area (Å²) in [5, 5.41) is 9.77. The summed E-state index contributed by atoms with van der Waals surface area (Å²) in [7, 11) is 0. The monoisotopic (exact) mass is 375 g/mol. The van der Waals surface area contributed by atoms with E-state index < -0.39 is 0 Å². The molecule has 2 heterocycles. The highest BCUT2D eigenvalue weighted by Gasteiger charge is 2.17. The SMILES string of the molecule is CCc1ccc([C@H](NCc2nc(-c3ccccc3)no2)c2cccs2)cc1. The summed E-state index contributed by atoms with van der Waals surface area (Å²) in [6, 6.07) is 23.0. The molecule has 4 nitrogen and oxygen atoms in total. The third-order valence-electron chi connectivity index (χ3n) is 4.51. The minimum atomic E-state index is 0.1000. The smallest absolute Gasteiger partial charge is 0.240 e. The third kappa shape index (κ3) is 4.15. The first kappa shape index (κ1) is 17.6. The standard InChI is InChI=1S/C22H21N3OS/c1-2-16-10-12-17(13-11-16)21(19-9-6-14-27-19)23-15-20-24-22(25-26-20)18-7-4-3-5-8-18/h3-14,21,23H,2,15H2,1H3/t21-/m0/s1. The lowest BCUT2D eigenvalue weighted by Crippen LogP contribution is -2.21. The molecule has 5 heteroatoms.